The zero-order valence-corrected chi connectivity index (χ0v) is 17.1. The smallest absolute Gasteiger partial charge is 0.306 e. The predicted molar refractivity (Wildman–Crippen MR) is 110 cm³/mol. The van der Waals surface area contributed by atoms with Crippen molar-refractivity contribution < 1.29 is 14.6 Å². The lowest BCUT2D eigenvalue weighted by molar-refractivity contribution is -0.143. The molecule has 0 saturated carbocycles. The van der Waals surface area contributed by atoms with Gasteiger partial charge in [0.15, 0.2) is 0 Å². The Labute approximate surface area is 161 Å². The molecule has 2 atom stereocenters. The van der Waals surface area contributed by atoms with Gasteiger partial charge in [0, 0.05) is 6.61 Å². The van der Waals surface area contributed by atoms with Crippen LogP contribution < -0.4 is 0 Å². The number of ether oxygens (including phenoxy) is 1. The molecule has 152 valence electrons. The van der Waals surface area contributed by atoms with E-state index in [1.165, 1.54) is 64.2 Å². The van der Waals surface area contributed by atoms with Gasteiger partial charge in [-0.3, -0.25) is 4.79 Å². The van der Waals surface area contributed by atoms with Gasteiger partial charge in [-0.2, -0.15) is 0 Å². The highest BCUT2D eigenvalue weighted by Gasteiger charge is 2.24. The van der Waals surface area contributed by atoms with E-state index in [4.69, 9.17) is 4.74 Å². The summed E-state index contributed by atoms with van der Waals surface area (Å²) >= 11 is 0. The van der Waals surface area contributed by atoms with Crippen LogP contribution in [0.4, 0.5) is 0 Å². The molecule has 0 aromatic rings. The van der Waals surface area contributed by atoms with Crippen LogP contribution >= 0.6 is 0 Å². The maximum absolute atomic E-state index is 11.4. The van der Waals surface area contributed by atoms with Gasteiger partial charge in [-0.05, 0) is 51.4 Å². The average Bonchev–Trinajstić information content (AvgIpc) is 3.14. The van der Waals surface area contributed by atoms with E-state index in [1.807, 2.05) is 0 Å². The third-order valence-corrected chi connectivity index (χ3v) is 5.49. The van der Waals surface area contributed by atoms with E-state index in [-0.39, 0.29) is 12.0 Å². The van der Waals surface area contributed by atoms with E-state index in [0.717, 1.165) is 38.7 Å². The second-order valence-corrected chi connectivity index (χ2v) is 7.93. The first-order chi connectivity index (χ1) is 12.7. The third kappa shape index (κ3) is 12.5. The molecule has 0 amide bonds. The first-order valence-corrected chi connectivity index (χ1v) is 11.2. The van der Waals surface area contributed by atoms with Gasteiger partial charge < -0.3 is 9.84 Å². The zero-order chi connectivity index (χ0) is 18.9. The summed E-state index contributed by atoms with van der Waals surface area (Å²) in [5.41, 5.74) is 0. The summed E-state index contributed by atoms with van der Waals surface area (Å²) in [6.07, 6.45) is 23.8. The van der Waals surface area contributed by atoms with Gasteiger partial charge in [0.1, 0.15) is 0 Å². The third-order valence-electron chi connectivity index (χ3n) is 5.49. The Morgan fingerprint density at radius 2 is 1.62 bits per heavy atom. The fourth-order valence-electron chi connectivity index (χ4n) is 3.77. The van der Waals surface area contributed by atoms with E-state index in [0.29, 0.717) is 6.42 Å². The molecule has 0 radical (unpaired) electrons. The number of hydrogen-bond donors (Lipinski definition) is 1. The molecule has 3 heteroatoms. The van der Waals surface area contributed by atoms with Gasteiger partial charge in [0.05, 0.1) is 12.0 Å². The van der Waals surface area contributed by atoms with Gasteiger partial charge in [-0.25, -0.2) is 0 Å². The number of rotatable bonds is 17. The van der Waals surface area contributed by atoms with Crippen molar-refractivity contribution in [1.29, 1.82) is 0 Å². The Morgan fingerprint density at radius 1 is 1.00 bits per heavy atom. The van der Waals surface area contributed by atoms with Crippen molar-refractivity contribution in [1.82, 2.24) is 0 Å². The van der Waals surface area contributed by atoms with Crippen LogP contribution in [-0.4, -0.2) is 23.8 Å². The quantitative estimate of drug-likeness (QED) is 0.225. The summed E-state index contributed by atoms with van der Waals surface area (Å²) in [6.45, 7) is 3.07. The summed E-state index contributed by atoms with van der Waals surface area (Å²) in [4.78, 5) is 11.4. The Kier molecular flexibility index (Phi) is 14.6. The highest BCUT2D eigenvalue weighted by molar-refractivity contribution is 5.69. The fourth-order valence-corrected chi connectivity index (χ4v) is 3.77. The fraction of sp³-hybridized carbons (Fsp3) is 0.870. The van der Waals surface area contributed by atoms with E-state index >= 15 is 0 Å². The van der Waals surface area contributed by atoms with E-state index in [9.17, 15) is 9.90 Å². The van der Waals surface area contributed by atoms with Gasteiger partial charge in [-0.15, -0.1) is 0 Å². The Morgan fingerprint density at radius 3 is 2.19 bits per heavy atom. The molecule has 0 bridgehead atoms. The maximum atomic E-state index is 11.4. The highest BCUT2D eigenvalue weighted by atomic mass is 16.5. The normalized spacial score (nSPS) is 18.6. The molecule has 1 aliphatic rings. The molecule has 1 heterocycles. The molecule has 1 fully saturated rings. The number of carbonyl (C=O) groups is 1. The molecule has 3 nitrogen and oxygen atoms in total. The second-order valence-electron chi connectivity index (χ2n) is 7.93. The molecule has 0 aromatic carbocycles. The van der Waals surface area contributed by atoms with Crippen LogP contribution in [0.1, 0.15) is 110 Å². The first-order valence-electron chi connectivity index (χ1n) is 11.2. The van der Waals surface area contributed by atoms with Crippen molar-refractivity contribution in [3.63, 3.8) is 0 Å². The van der Waals surface area contributed by atoms with Crippen molar-refractivity contribution in [2.45, 2.75) is 116 Å². The minimum atomic E-state index is -0.641. The van der Waals surface area contributed by atoms with E-state index in [1.54, 1.807) is 0 Å². The molecule has 1 aliphatic heterocycles. The lowest BCUT2D eigenvalue weighted by atomic mass is 9.94. The molecule has 26 heavy (non-hydrogen) atoms. The van der Waals surface area contributed by atoms with Crippen LogP contribution in [0, 0.1) is 5.92 Å². The van der Waals surface area contributed by atoms with Crippen molar-refractivity contribution in [3.8, 4) is 0 Å². The highest BCUT2D eigenvalue weighted by Crippen LogP contribution is 2.24. The minimum absolute atomic E-state index is 0.188. The lowest BCUT2D eigenvalue weighted by Gasteiger charge is -2.16. The Balaban J connectivity index is 1.91. The number of hydrogen-bond acceptors (Lipinski definition) is 2. The number of unbranched alkanes of at least 4 members (excludes halogenated alkanes) is 10. The molecule has 0 spiro atoms. The van der Waals surface area contributed by atoms with Crippen LogP contribution in [0.5, 0.6) is 0 Å². The van der Waals surface area contributed by atoms with Crippen LogP contribution in [0.25, 0.3) is 0 Å². The minimum Gasteiger partial charge on any atom is -0.481 e. The summed E-state index contributed by atoms with van der Waals surface area (Å²) < 4.78 is 5.59. The molecule has 1 saturated heterocycles. The summed E-state index contributed by atoms with van der Waals surface area (Å²) in [5.74, 6) is -0.853. The second kappa shape index (κ2) is 16.4. The first kappa shape index (κ1) is 23.2. The van der Waals surface area contributed by atoms with Gasteiger partial charge in [0.2, 0.25) is 0 Å². The average molecular weight is 367 g/mol. The summed E-state index contributed by atoms with van der Waals surface area (Å²) in [7, 11) is 0. The monoisotopic (exact) mass is 366 g/mol. The van der Waals surface area contributed by atoms with Crippen LogP contribution in [0.15, 0.2) is 12.2 Å². The number of carboxylic acids is 1. The van der Waals surface area contributed by atoms with Crippen LogP contribution in [-0.2, 0) is 9.53 Å². The standard InChI is InChI=1S/C23H42O3/c1-2-3-4-5-6-7-8-9-10-11-12-13-14-15-17-21(23(24)25)20-22-18-16-19-26-22/h9-10,21-22H,2-8,11-20H2,1H3,(H,24,25)/b10-9+. The van der Waals surface area contributed by atoms with Crippen molar-refractivity contribution >= 4 is 5.97 Å². The summed E-state index contributed by atoms with van der Waals surface area (Å²) in [6, 6.07) is 0. The number of carboxylic acid groups (broad SMARTS) is 1. The molecule has 0 aromatic heterocycles. The molecule has 1 rings (SSSR count). The van der Waals surface area contributed by atoms with Crippen LogP contribution in [0.3, 0.4) is 0 Å². The van der Waals surface area contributed by atoms with Gasteiger partial charge in [0.25, 0.3) is 0 Å². The largest absolute Gasteiger partial charge is 0.481 e. The maximum Gasteiger partial charge on any atom is 0.306 e. The van der Waals surface area contributed by atoms with Crippen molar-refractivity contribution in [3.05, 3.63) is 12.2 Å². The SMILES string of the molecule is CCCCCCCC/C=C/CCCCCCC(CC1CCCO1)C(=O)O. The van der Waals surface area contributed by atoms with E-state index in [2.05, 4.69) is 19.1 Å². The molecular formula is C23H42O3. The zero-order valence-electron chi connectivity index (χ0n) is 17.1. The number of aliphatic carboxylic acids is 1. The number of allylic oxidation sites excluding steroid dienone is 2. The Hall–Kier alpha value is -0.830. The predicted octanol–water partition coefficient (Wildman–Crippen LogP) is 6.90. The van der Waals surface area contributed by atoms with Crippen molar-refractivity contribution in [2.24, 2.45) is 5.92 Å². The van der Waals surface area contributed by atoms with Crippen molar-refractivity contribution in [2.75, 3.05) is 6.61 Å². The molecule has 2 unspecified atom stereocenters. The van der Waals surface area contributed by atoms with E-state index < -0.39 is 5.97 Å². The lowest BCUT2D eigenvalue weighted by Crippen LogP contribution is -2.20. The van der Waals surface area contributed by atoms with Crippen LogP contribution in [0.2, 0.25) is 0 Å². The summed E-state index contributed by atoms with van der Waals surface area (Å²) in [5, 5.41) is 9.37. The molecule has 0 aliphatic carbocycles. The Bertz CT molecular complexity index is 358. The molecular weight excluding hydrogens is 324 g/mol. The van der Waals surface area contributed by atoms with Gasteiger partial charge in [-0.1, -0.05) is 70.4 Å². The molecule has 1 N–H and O–H groups in total. The van der Waals surface area contributed by atoms with Gasteiger partial charge >= 0.3 is 5.97 Å². The topological polar surface area (TPSA) is 46.5 Å².